The van der Waals surface area contributed by atoms with Gasteiger partial charge in [-0.15, -0.1) is 0 Å². The normalized spacial score (nSPS) is 10.7. The molecule has 0 radical (unpaired) electrons. The van der Waals surface area contributed by atoms with Crippen molar-refractivity contribution in [1.29, 1.82) is 0 Å². The maximum absolute atomic E-state index is 14.0. The lowest BCUT2D eigenvalue weighted by Gasteiger charge is -2.09. The molecular formula is C17H13FN2O3. The number of aromatic nitrogens is 2. The van der Waals surface area contributed by atoms with Gasteiger partial charge in [-0.3, -0.25) is 0 Å². The lowest BCUT2D eigenvalue weighted by molar-refractivity contribution is 0.0691. The number of carboxylic acid groups (broad SMARTS) is 1. The summed E-state index contributed by atoms with van der Waals surface area (Å²) >= 11 is 0. The number of aromatic carboxylic acids is 1. The summed E-state index contributed by atoms with van der Waals surface area (Å²) in [6.45, 7) is 0. The lowest BCUT2D eigenvalue weighted by atomic mass is 10.0. The Labute approximate surface area is 131 Å². The summed E-state index contributed by atoms with van der Waals surface area (Å²) in [4.78, 5) is 19.2. The minimum absolute atomic E-state index is 0.0591. The molecule has 0 atom stereocenters. The van der Waals surface area contributed by atoms with Crippen LogP contribution in [0.5, 0.6) is 5.88 Å². The van der Waals surface area contributed by atoms with Crippen molar-refractivity contribution in [2.75, 3.05) is 7.11 Å². The maximum Gasteiger partial charge on any atom is 0.354 e. The summed E-state index contributed by atoms with van der Waals surface area (Å²) < 4.78 is 19.0. The number of hydrogen-bond donors (Lipinski definition) is 1. The molecule has 0 aliphatic rings. The summed E-state index contributed by atoms with van der Waals surface area (Å²) in [5.74, 6) is -1.24. The molecule has 5 nitrogen and oxygen atoms in total. The van der Waals surface area contributed by atoms with Gasteiger partial charge in [0.15, 0.2) is 0 Å². The molecule has 0 saturated carbocycles. The van der Waals surface area contributed by atoms with Crippen molar-refractivity contribution in [1.82, 2.24) is 9.97 Å². The van der Waals surface area contributed by atoms with Crippen LogP contribution in [0.4, 0.5) is 4.39 Å². The first-order valence-electron chi connectivity index (χ1n) is 6.89. The molecule has 23 heavy (non-hydrogen) atoms. The number of carbonyl (C=O) groups is 1. The highest BCUT2D eigenvalue weighted by Gasteiger charge is 2.14. The summed E-state index contributed by atoms with van der Waals surface area (Å²) in [5, 5.41) is 9.77. The fourth-order valence-corrected chi connectivity index (χ4v) is 2.40. The zero-order chi connectivity index (χ0) is 16.4. The van der Waals surface area contributed by atoms with Gasteiger partial charge in [-0.2, -0.15) is 0 Å². The van der Waals surface area contributed by atoms with Crippen molar-refractivity contribution in [2.45, 2.75) is 6.42 Å². The molecule has 2 aromatic heterocycles. The molecule has 1 N–H and O–H groups in total. The van der Waals surface area contributed by atoms with E-state index < -0.39 is 11.8 Å². The fourth-order valence-electron chi connectivity index (χ4n) is 2.40. The molecule has 116 valence electrons. The van der Waals surface area contributed by atoms with Crippen LogP contribution in [0.2, 0.25) is 0 Å². The Hall–Kier alpha value is -3.02. The molecule has 1 aromatic carbocycles. The van der Waals surface area contributed by atoms with Crippen LogP contribution in [0.1, 0.15) is 21.6 Å². The van der Waals surface area contributed by atoms with Crippen LogP contribution < -0.4 is 4.74 Å². The molecule has 0 amide bonds. The lowest BCUT2D eigenvalue weighted by Crippen LogP contribution is -2.04. The van der Waals surface area contributed by atoms with Crippen LogP contribution in [0.15, 0.2) is 42.6 Å². The second-order valence-corrected chi connectivity index (χ2v) is 4.99. The van der Waals surface area contributed by atoms with Crippen LogP contribution in [-0.2, 0) is 6.42 Å². The Bertz CT molecular complexity index is 879. The molecule has 0 aliphatic carbocycles. The second-order valence-electron chi connectivity index (χ2n) is 4.99. The van der Waals surface area contributed by atoms with Crippen LogP contribution in [0, 0.1) is 5.82 Å². The van der Waals surface area contributed by atoms with E-state index in [2.05, 4.69) is 9.97 Å². The molecule has 0 spiro atoms. The van der Waals surface area contributed by atoms with E-state index in [4.69, 9.17) is 4.74 Å². The number of fused-ring (bicyclic) bond motifs is 1. The topological polar surface area (TPSA) is 72.3 Å². The molecule has 3 aromatic rings. The Morgan fingerprint density at radius 3 is 2.78 bits per heavy atom. The van der Waals surface area contributed by atoms with Crippen molar-refractivity contribution in [2.24, 2.45) is 0 Å². The van der Waals surface area contributed by atoms with Crippen molar-refractivity contribution in [3.05, 3.63) is 65.2 Å². The molecule has 3 rings (SSSR count). The highest BCUT2D eigenvalue weighted by atomic mass is 19.1. The van der Waals surface area contributed by atoms with Gasteiger partial charge in [0, 0.05) is 17.6 Å². The highest BCUT2D eigenvalue weighted by Crippen LogP contribution is 2.24. The number of rotatable bonds is 4. The first kappa shape index (κ1) is 14.9. The largest absolute Gasteiger partial charge is 0.481 e. The van der Waals surface area contributed by atoms with Crippen LogP contribution in [0.3, 0.4) is 0 Å². The van der Waals surface area contributed by atoms with E-state index in [0.29, 0.717) is 23.3 Å². The van der Waals surface area contributed by atoms with Gasteiger partial charge in [-0.25, -0.2) is 19.2 Å². The van der Waals surface area contributed by atoms with E-state index in [-0.39, 0.29) is 11.2 Å². The van der Waals surface area contributed by atoms with Gasteiger partial charge in [0.2, 0.25) is 5.88 Å². The monoisotopic (exact) mass is 312 g/mol. The van der Waals surface area contributed by atoms with E-state index >= 15 is 0 Å². The minimum Gasteiger partial charge on any atom is -0.481 e. The molecule has 2 heterocycles. The number of ether oxygens (including phenoxy) is 1. The average molecular weight is 312 g/mol. The number of para-hydroxylation sites is 1. The van der Waals surface area contributed by atoms with E-state index in [1.54, 1.807) is 24.4 Å². The Morgan fingerprint density at radius 2 is 2.13 bits per heavy atom. The third-order valence-electron chi connectivity index (χ3n) is 3.50. The molecule has 0 unspecified atom stereocenters. The average Bonchev–Trinajstić information content (AvgIpc) is 2.56. The number of halogens is 1. The zero-order valence-electron chi connectivity index (χ0n) is 12.3. The van der Waals surface area contributed by atoms with Gasteiger partial charge >= 0.3 is 5.97 Å². The maximum atomic E-state index is 14.0. The molecule has 6 heteroatoms. The third-order valence-corrected chi connectivity index (χ3v) is 3.50. The molecule has 0 aliphatic heterocycles. The molecule has 0 fully saturated rings. The van der Waals surface area contributed by atoms with E-state index in [9.17, 15) is 14.3 Å². The van der Waals surface area contributed by atoms with E-state index in [1.807, 2.05) is 6.07 Å². The van der Waals surface area contributed by atoms with Gasteiger partial charge in [-0.05, 0) is 29.7 Å². The quantitative estimate of drug-likeness (QED) is 0.801. The van der Waals surface area contributed by atoms with Crippen LogP contribution in [-0.4, -0.2) is 28.2 Å². The predicted molar refractivity (Wildman–Crippen MR) is 82.3 cm³/mol. The Kier molecular flexibility index (Phi) is 3.89. The highest BCUT2D eigenvalue weighted by molar-refractivity contribution is 5.91. The van der Waals surface area contributed by atoms with E-state index in [0.717, 1.165) is 5.56 Å². The van der Waals surface area contributed by atoms with Crippen LogP contribution >= 0.6 is 0 Å². The number of methoxy groups -OCH3 is 1. The molecule has 0 saturated heterocycles. The summed E-state index contributed by atoms with van der Waals surface area (Å²) in [5.41, 5.74) is 1.42. The van der Waals surface area contributed by atoms with Crippen molar-refractivity contribution < 1.29 is 19.0 Å². The SMILES string of the molecule is COc1ccc(Cc2cc(C(=O)O)nc3c(F)cccc23)cn1. The van der Waals surface area contributed by atoms with E-state index in [1.165, 1.54) is 19.2 Å². The number of nitrogens with zero attached hydrogens (tertiary/aromatic N) is 2. The van der Waals surface area contributed by atoms with Gasteiger partial charge in [0.05, 0.1) is 7.11 Å². The first-order valence-corrected chi connectivity index (χ1v) is 6.89. The summed E-state index contributed by atoms with van der Waals surface area (Å²) in [6, 6.07) is 9.59. The predicted octanol–water partition coefficient (Wildman–Crippen LogP) is 3.07. The minimum atomic E-state index is -1.19. The molecular weight excluding hydrogens is 299 g/mol. The van der Waals surface area contributed by atoms with Crippen molar-refractivity contribution in [3.8, 4) is 5.88 Å². The third kappa shape index (κ3) is 2.96. The smallest absolute Gasteiger partial charge is 0.354 e. The Balaban J connectivity index is 2.10. The summed E-state index contributed by atoms with van der Waals surface area (Å²) in [7, 11) is 1.53. The fraction of sp³-hybridized carbons (Fsp3) is 0.118. The number of carboxylic acids is 1. The molecule has 0 bridgehead atoms. The van der Waals surface area contributed by atoms with Crippen LogP contribution in [0.25, 0.3) is 10.9 Å². The van der Waals surface area contributed by atoms with Gasteiger partial charge in [0.1, 0.15) is 17.0 Å². The van der Waals surface area contributed by atoms with Crippen molar-refractivity contribution in [3.63, 3.8) is 0 Å². The standard InChI is InChI=1S/C17H13FN2O3/c1-23-15-6-5-10(9-19-15)7-11-8-14(17(21)22)20-16-12(11)3-2-4-13(16)18/h2-6,8-9H,7H2,1H3,(H,21,22). The Morgan fingerprint density at radius 1 is 1.30 bits per heavy atom. The van der Waals surface area contributed by atoms with Gasteiger partial charge in [-0.1, -0.05) is 18.2 Å². The van der Waals surface area contributed by atoms with Crippen molar-refractivity contribution >= 4 is 16.9 Å². The number of hydrogen-bond acceptors (Lipinski definition) is 4. The number of pyridine rings is 2. The van der Waals surface area contributed by atoms with Gasteiger partial charge in [0.25, 0.3) is 0 Å². The second kappa shape index (κ2) is 6.00. The first-order chi connectivity index (χ1) is 11.1. The zero-order valence-corrected chi connectivity index (χ0v) is 12.3. The van der Waals surface area contributed by atoms with Gasteiger partial charge < -0.3 is 9.84 Å². The number of benzene rings is 1. The summed E-state index contributed by atoms with van der Waals surface area (Å²) in [6.07, 6.45) is 2.06.